The van der Waals surface area contributed by atoms with E-state index in [1.807, 2.05) is 91.0 Å². The molecule has 0 aromatic heterocycles. The molecule has 7 heteroatoms. The average Bonchev–Trinajstić information content (AvgIpc) is 2.90. The van der Waals surface area contributed by atoms with E-state index < -0.39 is 24.3 Å². The van der Waals surface area contributed by atoms with Gasteiger partial charge in [-0.25, -0.2) is 0 Å². The Hall–Kier alpha value is -3.10. The van der Waals surface area contributed by atoms with Gasteiger partial charge in [0.25, 0.3) is 0 Å². The van der Waals surface area contributed by atoms with Gasteiger partial charge in [-0.05, 0) is 16.7 Å². The number of thiocarbonyl (C=S) groups is 1. The van der Waals surface area contributed by atoms with Crippen molar-refractivity contribution in [3.05, 3.63) is 108 Å². The van der Waals surface area contributed by atoms with Crippen molar-refractivity contribution >= 4 is 23.2 Å². The van der Waals surface area contributed by atoms with E-state index in [0.717, 1.165) is 16.7 Å². The molecular formula is C29H31NO5S. The van der Waals surface area contributed by atoms with Gasteiger partial charge in [0.05, 0.1) is 32.5 Å². The molecule has 1 heterocycles. The first-order valence-electron chi connectivity index (χ1n) is 12.0. The number of hydrogen-bond acceptors (Lipinski definition) is 6. The molecule has 3 aromatic rings. The first-order valence-corrected chi connectivity index (χ1v) is 12.4. The fourth-order valence-corrected chi connectivity index (χ4v) is 4.47. The number of nitrogens with one attached hydrogen (secondary N) is 1. The van der Waals surface area contributed by atoms with Gasteiger partial charge in [0.2, 0.25) is 0 Å². The average molecular weight is 506 g/mol. The van der Waals surface area contributed by atoms with Crippen molar-refractivity contribution in [1.82, 2.24) is 5.32 Å². The standard InChI is InChI=1S/C29H31NO5S/c1-21(31)35-28-27(34-19-24-15-9-4-10-16-24)26(33-18-23-13-7-3-8-14-23)25(30-29(28)36)20-32-17-22-11-5-2-6-12-22/h2-16,25-28H,17-20H2,1H3,(H,30,36)/t25-,26-,27+,28-/m1/s1. The van der Waals surface area contributed by atoms with Gasteiger partial charge in [-0.15, -0.1) is 0 Å². The third-order valence-corrected chi connectivity index (χ3v) is 6.23. The highest BCUT2D eigenvalue weighted by Crippen LogP contribution is 2.25. The molecular weight excluding hydrogens is 474 g/mol. The predicted molar refractivity (Wildman–Crippen MR) is 141 cm³/mol. The number of ether oxygens (including phenoxy) is 4. The van der Waals surface area contributed by atoms with Crippen LogP contribution >= 0.6 is 12.2 Å². The van der Waals surface area contributed by atoms with E-state index in [1.54, 1.807) is 0 Å². The Kier molecular flexibility index (Phi) is 9.58. The summed E-state index contributed by atoms with van der Waals surface area (Å²) in [6, 6.07) is 29.4. The molecule has 0 saturated carbocycles. The number of benzene rings is 3. The summed E-state index contributed by atoms with van der Waals surface area (Å²) >= 11 is 5.63. The Morgan fingerprint density at radius 1 is 0.750 bits per heavy atom. The van der Waals surface area contributed by atoms with Crippen LogP contribution < -0.4 is 5.32 Å². The zero-order valence-corrected chi connectivity index (χ0v) is 21.1. The lowest BCUT2D eigenvalue weighted by atomic mass is 9.95. The molecule has 1 fully saturated rings. The number of carbonyl (C=O) groups excluding carboxylic acids is 1. The van der Waals surface area contributed by atoms with Crippen molar-refractivity contribution in [3.8, 4) is 0 Å². The Morgan fingerprint density at radius 3 is 1.72 bits per heavy atom. The van der Waals surface area contributed by atoms with Crippen LogP contribution in [-0.4, -0.2) is 41.9 Å². The van der Waals surface area contributed by atoms with Gasteiger partial charge < -0.3 is 24.3 Å². The molecule has 1 aliphatic heterocycles. The predicted octanol–water partition coefficient (Wildman–Crippen LogP) is 4.60. The summed E-state index contributed by atoms with van der Waals surface area (Å²) in [5, 5.41) is 3.30. The van der Waals surface area contributed by atoms with E-state index in [-0.39, 0.29) is 6.04 Å². The molecule has 6 nitrogen and oxygen atoms in total. The van der Waals surface area contributed by atoms with Crippen molar-refractivity contribution < 1.29 is 23.7 Å². The van der Waals surface area contributed by atoms with E-state index >= 15 is 0 Å². The molecule has 0 bridgehead atoms. The minimum absolute atomic E-state index is 0.294. The second-order valence-corrected chi connectivity index (χ2v) is 9.11. The SMILES string of the molecule is CC(=O)O[C@H]1C(=S)N[C@H](COCc2ccccc2)[C@@H](OCc2ccccc2)[C@@H]1OCc1ccccc1. The molecule has 0 radical (unpaired) electrons. The van der Waals surface area contributed by atoms with Crippen molar-refractivity contribution in [2.75, 3.05) is 6.61 Å². The first-order chi connectivity index (χ1) is 17.6. The van der Waals surface area contributed by atoms with Crippen LogP contribution in [0, 0.1) is 0 Å². The van der Waals surface area contributed by atoms with Crippen LogP contribution in [0.3, 0.4) is 0 Å². The maximum absolute atomic E-state index is 11.9. The van der Waals surface area contributed by atoms with Crippen molar-refractivity contribution in [3.63, 3.8) is 0 Å². The fraction of sp³-hybridized carbons (Fsp3) is 0.310. The fourth-order valence-electron chi connectivity index (χ4n) is 4.14. The van der Waals surface area contributed by atoms with Gasteiger partial charge >= 0.3 is 5.97 Å². The Morgan fingerprint density at radius 2 is 1.22 bits per heavy atom. The minimum Gasteiger partial charge on any atom is -0.452 e. The van der Waals surface area contributed by atoms with Crippen LogP contribution in [0.25, 0.3) is 0 Å². The summed E-state index contributed by atoms with van der Waals surface area (Å²) in [6.45, 7) is 2.86. The van der Waals surface area contributed by atoms with Crippen LogP contribution in [0.2, 0.25) is 0 Å². The number of piperidine rings is 1. The number of rotatable bonds is 11. The maximum atomic E-state index is 11.9. The number of esters is 1. The third kappa shape index (κ3) is 7.45. The molecule has 1 aliphatic rings. The molecule has 188 valence electrons. The van der Waals surface area contributed by atoms with Gasteiger partial charge in [0.15, 0.2) is 6.10 Å². The molecule has 36 heavy (non-hydrogen) atoms. The topological polar surface area (TPSA) is 66.0 Å². The number of carbonyl (C=O) groups is 1. The molecule has 4 rings (SSSR count). The van der Waals surface area contributed by atoms with Crippen LogP contribution in [0.1, 0.15) is 23.6 Å². The molecule has 1 saturated heterocycles. The van der Waals surface area contributed by atoms with E-state index in [2.05, 4.69) is 5.32 Å². The highest BCUT2D eigenvalue weighted by molar-refractivity contribution is 7.80. The zero-order chi connectivity index (χ0) is 25.2. The monoisotopic (exact) mass is 505 g/mol. The summed E-state index contributed by atoms with van der Waals surface area (Å²) in [5.41, 5.74) is 3.11. The largest absolute Gasteiger partial charge is 0.452 e. The Labute approximate surface area is 217 Å². The Bertz CT molecular complexity index is 1100. The molecule has 3 aromatic carbocycles. The lowest BCUT2D eigenvalue weighted by Gasteiger charge is -2.43. The van der Waals surface area contributed by atoms with Crippen LogP contribution in [-0.2, 0) is 43.6 Å². The molecule has 0 unspecified atom stereocenters. The zero-order valence-electron chi connectivity index (χ0n) is 20.2. The minimum atomic E-state index is -0.771. The van der Waals surface area contributed by atoms with Gasteiger partial charge in [-0.2, -0.15) is 0 Å². The lowest BCUT2D eigenvalue weighted by Crippen LogP contribution is -2.65. The van der Waals surface area contributed by atoms with Gasteiger partial charge in [0, 0.05) is 6.92 Å². The van der Waals surface area contributed by atoms with Crippen molar-refractivity contribution in [2.24, 2.45) is 0 Å². The second-order valence-electron chi connectivity index (χ2n) is 8.67. The van der Waals surface area contributed by atoms with E-state index in [9.17, 15) is 4.79 Å². The normalized spacial score (nSPS) is 21.5. The van der Waals surface area contributed by atoms with Gasteiger partial charge in [-0.3, -0.25) is 4.79 Å². The van der Waals surface area contributed by atoms with E-state index in [1.165, 1.54) is 6.92 Å². The summed E-state index contributed by atoms with van der Waals surface area (Å²) in [4.78, 5) is 12.3. The quantitative estimate of drug-likeness (QED) is 0.302. The van der Waals surface area contributed by atoms with Crippen LogP contribution in [0.4, 0.5) is 0 Å². The van der Waals surface area contributed by atoms with Crippen LogP contribution in [0.5, 0.6) is 0 Å². The molecule has 0 spiro atoms. The summed E-state index contributed by atoms with van der Waals surface area (Å²) in [5.74, 6) is -0.432. The van der Waals surface area contributed by atoms with E-state index in [4.69, 9.17) is 31.2 Å². The third-order valence-electron chi connectivity index (χ3n) is 5.88. The Balaban J connectivity index is 1.54. The molecule has 4 atom stereocenters. The van der Waals surface area contributed by atoms with E-state index in [0.29, 0.717) is 31.4 Å². The highest BCUT2D eigenvalue weighted by atomic mass is 32.1. The smallest absolute Gasteiger partial charge is 0.303 e. The summed E-state index contributed by atoms with van der Waals surface area (Å²) < 4.78 is 24.5. The molecule has 0 aliphatic carbocycles. The van der Waals surface area contributed by atoms with Gasteiger partial charge in [-0.1, -0.05) is 103 Å². The highest BCUT2D eigenvalue weighted by Gasteiger charge is 2.46. The van der Waals surface area contributed by atoms with Crippen molar-refractivity contribution in [2.45, 2.75) is 51.1 Å². The van der Waals surface area contributed by atoms with Gasteiger partial charge in [0.1, 0.15) is 17.2 Å². The first kappa shape index (κ1) is 26.0. The molecule has 1 N–H and O–H groups in total. The summed E-state index contributed by atoms with van der Waals surface area (Å²) in [7, 11) is 0. The van der Waals surface area contributed by atoms with Crippen molar-refractivity contribution in [1.29, 1.82) is 0 Å². The second kappa shape index (κ2) is 13.3. The number of hydrogen-bond donors (Lipinski definition) is 1. The lowest BCUT2D eigenvalue weighted by molar-refractivity contribution is -0.170. The molecule has 0 amide bonds. The summed E-state index contributed by atoms with van der Waals surface area (Å²) in [6.07, 6.45) is -1.87. The maximum Gasteiger partial charge on any atom is 0.303 e. The van der Waals surface area contributed by atoms with Crippen LogP contribution in [0.15, 0.2) is 91.0 Å².